The molecule has 3 heteroatoms. The summed E-state index contributed by atoms with van der Waals surface area (Å²) in [5, 5.41) is 10.1. The van der Waals surface area contributed by atoms with Gasteiger partial charge in [0.25, 0.3) is 0 Å². The van der Waals surface area contributed by atoms with Crippen molar-refractivity contribution in [2.75, 3.05) is 0 Å². The summed E-state index contributed by atoms with van der Waals surface area (Å²) < 4.78 is 5.60. The van der Waals surface area contributed by atoms with E-state index in [4.69, 9.17) is 9.52 Å². The van der Waals surface area contributed by atoms with Crippen molar-refractivity contribution in [3.63, 3.8) is 0 Å². The third-order valence-corrected chi connectivity index (χ3v) is 3.29. The van der Waals surface area contributed by atoms with Crippen molar-refractivity contribution < 1.29 is 14.3 Å². The van der Waals surface area contributed by atoms with Crippen molar-refractivity contribution in [3.05, 3.63) is 34.6 Å². The zero-order chi connectivity index (χ0) is 13.7. The molecule has 1 N–H and O–H groups in total. The Hall–Kier alpha value is -1.77. The fourth-order valence-electron chi connectivity index (χ4n) is 2.34. The molecule has 0 amide bonds. The highest BCUT2D eigenvalue weighted by atomic mass is 16.4. The standard InChI is InChI=1S/C15H18O3/c1-8-6-7-10(15(3,4)5)13-11(8)9(2)12(18-13)14(16)17/h6-7H,1-5H3,(H,16,17). The van der Waals surface area contributed by atoms with Crippen LogP contribution in [0.1, 0.15) is 48.0 Å². The maximum absolute atomic E-state index is 11.2. The minimum atomic E-state index is -1.01. The number of hydrogen-bond acceptors (Lipinski definition) is 2. The molecule has 2 aromatic rings. The zero-order valence-corrected chi connectivity index (χ0v) is 11.4. The van der Waals surface area contributed by atoms with Crippen LogP contribution in [0, 0.1) is 13.8 Å². The Morgan fingerprint density at radius 2 is 1.83 bits per heavy atom. The third-order valence-electron chi connectivity index (χ3n) is 3.29. The number of aromatic carboxylic acids is 1. The molecule has 0 bridgehead atoms. The molecular weight excluding hydrogens is 228 g/mol. The molecule has 1 aromatic heterocycles. The number of furan rings is 1. The smallest absolute Gasteiger partial charge is 0.372 e. The molecular formula is C15H18O3. The molecule has 1 heterocycles. The topological polar surface area (TPSA) is 50.4 Å². The highest BCUT2D eigenvalue weighted by Gasteiger charge is 2.24. The number of carbonyl (C=O) groups is 1. The van der Waals surface area contributed by atoms with Gasteiger partial charge in [-0.3, -0.25) is 0 Å². The summed E-state index contributed by atoms with van der Waals surface area (Å²) in [5.74, 6) is -0.965. The summed E-state index contributed by atoms with van der Waals surface area (Å²) in [5.41, 5.74) is 3.43. The third kappa shape index (κ3) is 1.80. The van der Waals surface area contributed by atoms with Crippen molar-refractivity contribution >= 4 is 16.9 Å². The van der Waals surface area contributed by atoms with Crippen LogP contribution in [0.3, 0.4) is 0 Å². The number of rotatable bonds is 1. The number of benzene rings is 1. The van der Waals surface area contributed by atoms with Crippen LogP contribution in [-0.4, -0.2) is 11.1 Å². The van der Waals surface area contributed by atoms with E-state index in [1.165, 1.54) is 0 Å². The maximum atomic E-state index is 11.2. The number of carboxylic acids is 1. The molecule has 0 atom stereocenters. The van der Waals surface area contributed by atoms with Crippen LogP contribution in [0.4, 0.5) is 0 Å². The number of carboxylic acid groups (broad SMARTS) is 1. The van der Waals surface area contributed by atoms with E-state index in [-0.39, 0.29) is 11.2 Å². The van der Waals surface area contributed by atoms with Gasteiger partial charge in [-0.1, -0.05) is 32.9 Å². The first kappa shape index (κ1) is 12.7. The second-order valence-corrected chi connectivity index (χ2v) is 5.75. The molecule has 0 aliphatic heterocycles. The van der Waals surface area contributed by atoms with Crippen LogP contribution in [0.25, 0.3) is 11.0 Å². The molecule has 0 radical (unpaired) electrons. The Balaban J connectivity index is 2.91. The monoisotopic (exact) mass is 246 g/mol. The molecule has 0 unspecified atom stereocenters. The summed E-state index contributed by atoms with van der Waals surface area (Å²) >= 11 is 0. The van der Waals surface area contributed by atoms with Gasteiger partial charge in [-0.05, 0) is 24.8 Å². The molecule has 0 saturated carbocycles. The van der Waals surface area contributed by atoms with Gasteiger partial charge in [-0.2, -0.15) is 0 Å². The van der Waals surface area contributed by atoms with Crippen LogP contribution in [0.5, 0.6) is 0 Å². The molecule has 0 saturated heterocycles. The van der Waals surface area contributed by atoms with E-state index in [1.807, 2.05) is 19.1 Å². The molecule has 0 spiro atoms. The fourth-order valence-corrected chi connectivity index (χ4v) is 2.34. The van der Waals surface area contributed by atoms with E-state index in [2.05, 4.69) is 20.8 Å². The molecule has 0 aliphatic rings. The normalized spacial score (nSPS) is 12.1. The minimum Gasteiger partial charge on any atom is -0.475 e. The average molecular weight is 246 g/mol. The van der Waals surface area contributed by atoms with Gasteiger partial charge in [0.2, 0.25) is 5.76 Å². The highest BCUT2D eigenvalue weighted by Crippen LogP contribution is 2.36. The largest absolute Gasteiger partial charge is 0.475 e. The van der Waals surface area contributed by atoms with Crippen LogP contribution in [-0.2, 0) is 5.41 Å². The van der Waals surface area contributed by atoms with E-state index in [0.717, 1.165) is 16.5 Å². The Kier molecular flexibility index (Phi) is 2.73. The van der Waals surface area contributed by atoms with Gasteiger partial charge in [0.1, 0.15) is 5.58 Å². The number of fused-ring (bicyclic) bond motifs is 1. The first-order valence-corrected chi connectivity index (χ1v) is 6.00. The van der Waals surface area contributed by atoms with Crippen LogP contribution in [0.2, 0.25) is 0 Å². The summed E-state index contributed by atoms with van der Waals surface area (Å²) in [6.45, 7) is 10.1. The van der Waals surface area contributed by atoms with E-state index in [9.17, 15) is 4.79 Å². The van der Waals surface area contributed by atoms with Gasteiger partial charge in [0.15, 0.2) is 0 Å². The second-order valence-electron chi connectivity index (χ2n) is 5.75. The van der Waals surface area contributed by atoms with Crippen LogP contribution in [0.15, 0.2) is 16.5 Å². The molecule has 0 aliphatic carbocycles. The predicted octanol–water partition coefficient (Wildman–Crippen LogP) is 4.05. The van der Waals surface area contributed by atoms with Gasteiger partial charge in [-0.15, -0.1) is 0 Å². The van der Waals surface area contributed by atoms with Gasteiger partial charge in [0.05, 0.1) is 0 Å². The summed E-state index contributed by atoms with van der Waals surface area (Å²) in [4.78, 5) is 11.2. The van der Waals surface area contributed by atoms with Gasteiger partial charge >= 0.3 is 5.97 Å². The molecule has 3 nitrogen and oxygen atoms in total. The van der Waals surface area contributed by atoms with E-state index >= 15 is 0 Å². The van der Waals surface area contributed by atoms with E-state index in [0.29, 0.717) is 11.1 Å². The van der Waals surface area contributed by atoms with Crippen molar-refractivity contribution in [1.82, 2.24) is 0 Å². The summed E-state index contributed by atoms with van der Waals surface area (Å²) in [6.07, 6.45) is 0. The fraction of sp³-hybridized carbons (Fsp3) is 0.400. The lowest BCUT2D eigenvalue weighted by Crippen LogP contribution is -2.11. The first-order chi connectivity index (χ1) is 8.23. The minimum absolute atomic E-state index is 0.0461. The molecule has 2 rings (SSSR count). The lowest BCUT2D eigenvalue weighted by atomic mass is 9.85. The van der Waals surface area contributed by atoms with E-state index < -0.39 is 5.97 Å². The Morgan fingerprint density at radius 3 is 2.33 bits per heavy atom. The maximum Gasteiger partial charge on any atom is 0.372 e. The van der Waals surface area contributed by atoms with Gasteiger partial charge in [0, 0.05) is 16.5 Å². The van der Waals surface area contributed by atoms with Crippen molar-refractivity contribution in [2.24, 2.45) is 0 Å². The number of aryl methyl sites for hydroxylation is 2. The highest BCUT2D eigenvalue weighted by molar-refractivity contribution is 5.97. The first-order valence-electron chi connectivity index (χ1n) is 6.00. The Bertz CT molecular complexity index is 627. The molecule has 96 valence electrons. The van der Waals surface area contributed by atoms with Crippen molar-refractivity contribution in [1.29, 1.82) is 0 Å². The average Bonchev–Trinajstić information content (AvgIpc) is 2.56. The van der Waals surface area contributed by atoms with Gasteiger partial charge in [-0.25, -0.2) is 4.79 Å². The lowest BCUT2D eigenvalue weighted by molar-refractivity contribution is 0.0663. The van der Waals surface area contributed by atoms with Crippen molar-refractivity contribution in [3.8, 4) is 0 Å². The van der Waals surface area contributed by atoms with Crippen molar-refractivity contribution in [2.45, 2.75) is 40.0 Å². The summed E-state index contributed by atoms with van der Waals surface area (Å²) in [6, 6.07) is 4.04. The number of hydrogen-bond donors (Lipinski definition) is 1. The van der Waals surface area contributed by atoms with Crippen LogP contribution < -0.4 is 0 Å². The van der Waals surface area contributed by atoms with Gasteiger partial charge < -0.3 is 9.52 Å². The molecule has 0 fully saturated rings. The zero-order valence-electron chi connectivity index (χ0n) is 11.4. The van der Waals surface area contributed by atoms with E-state index in [1.54, 1.807) is 6.92 Å². The van der Waals surface area contributed by atoms with Crippen LogP contribution >= 0.6 is 0 Å². The molecule has 1 aromatic carbocycles. The predicted molar refractivity (Wildman–Crippen MR) is 71.3 cm³/mol. The lowest BCUT2D eigenvalue weighted by Gasteiger charge is -2.19. The Labute approximate surface area is 106 Å². The summed E-state index contributed by atoms with van der Waals surface area (Å²) in [7, 11) is 0. The molecule has 18 heavy (non-hydrogen) atoms. The SMILES string of the molecule is Cc1ccc(C(C)(C)C)c2oc(C(=O)O)c(C)c12. The quantitative estimate of drug-likeness (QED) is 0.826. The Morgan fingerprint density at radius 1 is 1.22 bits per heavy atom. The second kappa shape index (κ2) is 3.87.